The smallest absolute Gasteiger partial charge is 0.220 e. The average Bonchev–Trinajstić information content (AvgIpc) is 4.14. The Morgan fingerprint density at radius 1 is 0.254 bits per heavy atom. The zero-order valence-electron chi connectivity index (χ0n) is 33.8. The lowest BCUT2D eigenvalue weighted by Gasteiger charge is -2.12. The van der Waals surface area contributed by atoms with Crippen LogP contribution in [0.4, 0.5) is 0 Å². The lowest BCUT2D eigenvalue weighted by molar-refractivity contribution is 1.09. The Morgan fingerprint density at radius 2 is 0.714 bits per heavy atom. The van der Waals surface area contributed by atoms with Gasteiger partial charge in [0.2, 0.25) is 11.6 Å². The molecule has 0 saturated heterocycles. The molecule has 0 unspecified atom stereocenters. The van der Waals surface area contributed by atoms with Crippen LogP contribution in [-0.4, -0.2) is 32.5 Å². The Morgan fingerprint density at radius 3 is 1.29 bits per heavy atom. The third kappa shape index (κ3) is 4.90. The Kier molecular flexibility index (Phi) is 6.98. The van der Waals surface area contributed by atoms with E-state index in [-0.39, 0.29) is 0 Å². The van der Waals surface area contributed by atoms with Gasteiger partial charge in [0.1, 0.15) is 0 Å². The number of para-hydroxylation sites is 5. The predicted octanol–water partition coefficient (Wildman–Crippen LogP) is 13.6. The summed E-state index contributed by atoms with van der Waals surface area (Å²) in [6.45, 7) is 0. The predicted molar refractivity (Wildman–Crippen MR) is 258 cm³/mol. The third-order valence-corrected chi connectivity index (χ3v) is 12.9. The van der Waals surface area contributed by atoms with Gasteiger partial charge in [0, 0.05) is 16.5 Å². The maximum atomic E-state index is 5.30. The molecule has 7 heteroatoms. The van der Waals surface area contributed by atoms with Crippen molar-refractivity contribution in [3.05, 3.63) is 212 Å². The first-order chi connectivity index (χ1) is 31.2. The fourth-order valence-electron chi connectivity index (χ4n) is 10.1. The molecule has 0 saturated carbocycles. The molecule has 5 aromatic heterocycles. The first-order valence-electron chi connectivity index (χ1n) is 21.3. The van der Waals surface area contributed by atoms with E-state index in [0.29, 0.717) is 0 Å². The number of rotatable bonds is 5. The first kappa shape index (κ1) is 34.1. The number of aromatic nitrogens is 7. The van der Waals surface area contributed by atoms with Gasteiger partial charge in [0.05, 0.1) is 66.5 Å². The van der Waals surface area contributed by atoms with Crippen LogP contribution >= 0.6 is 0 Å². The fourth-order valence-corrected chi connectivity index (χ4v) is 10.1. The molecule has 294 valence electrons. The largest absolute Gasteiger partial charge is 0.309 e. The van der Waals surface area contributed by atoms with Gasteiger partial charge in [-0.3, -0.25) is 17.9 Å². The Hall–Kier alpha value is -8.68. The highest BCUT2D eigenvalue weighted by molar-refractivity contribution is 6.10. The summed E-state index contributed by atoms with van der Waals surface area (Å²) in [5, 5.41) is 2.39. The van der Waals surface area contributed by atoms with Gasteiger partial charge < -0.3 is 4.57 Å². The second-order valence-electron chi connectivity index (χ2n) is 16.4. The van der Waals surface area contributed by atoms with Crippen molar-refractivity contribution in [3.63, 3.8) is 0 Å². The normalized spacial score (nSPS) is 12.1. The van der Waals surface area contributed by atoms with E-state index in [1.54, 1.807) is 0 Å². The van der Waals surface area contributed by atoms with E-state index in [1.807, 2.05) is 0 Å². The molecule has 0 fully saturated rings. The molecule has 0 N–H and O–H groups in total. The maximum Gasteiger partial charge on any atom is 0.220 e. The van der Waals surface area contributed by atoms with Gasteiger partial charge in [0.25, 0.3) is 0 Å². The van der Waals surface area contributed by atoms with E-state index in [4.69, 9.17) is 9.97 Å². The second-order valence-corrected chi connectivity index (χ2v) is 16.4. The van der Waals surface area contributed by atoms with Crippen LogP contribution in [0.15, 0.2) is 212 Å². The molecule has 0 amide bonds. The topological polar surface area (TPSA) is 49.4 Å². The fraction of sp³-hybridized carbons (Fsp3) is 0. The molecular formula is C56H35N7. The molecule has 0 bridgehead atoms. The molecule has 0 aliphatic heterocycles. The van der Waals surface area contributed by atoms with Crippen LogP contribution in [-0.2, 0) is 0 Å². The van der Waals surface area contributed by atoms with Crippen molar-refractivity contribution >= 4 is 77.5 Å². The minimum absolute atomic E-state index is 0.879. The summed E-state index contributed by atoms with van der Waals surface area (Å²) in [5.41, 5.74) is 18.6. The Balaban J connectivity index is 0.976. The lowest BCUT2D eigenvalue weighted by atomic mass is 10.1. The van der Waals surface area contributed by atoms with E-state index >= 15 is 0 Å². The number of imidazole rings is 4. The van der Waals surface area contributed by atoms with E-state index in [9.17, 15) is 0 Å². The lowest BCUT2D eigenvalue weighted by Crippen LogP contribution is -2.00. The van der Waals surface area contributed by atoms with Gasteiger partial charge in [-0.2, -0.15) is 0 Å². The quantitative estimate of drug-likeness (QED) is 0.174. The monoisotopic (exact) mass is 805 g/mol. The van der Waals surface area contributed by atoms with Crippen LogP contribution in [0, 0.1) is 0 Å². The molecule has 14 aromatic rings. The van der Waals surface area contributed by atoms with E-state index in [1.165, 1.54) is 33.0 Å². The van der Waals surface area contributed by atoms with Crippen LogP contribution in [0.5, 0.6) is 0 Å². The van der Waals surface area contributed by atoms with Crippen molar-refractivity contribution in [2.45, 2.75) is 0 Å². The van der Waals surface area contributed by atoms with Gasteiger partial charge >= 0.3 is 0 Å². The number of hydrogen-bond acceptors (Lipinski definition) is 2. The molecule has 5 heterocycles. The highest BCUT2D eigenvalue weighted by Crippen LogP contribution is 2.38. The minimum atomic E-state index is 0.879. The Bertz CT molecular complexity index is 4140. The van der Waals surface area contributed by atoms with Crippen molar-refractivity contribution in [1.82, 2.24) is 32.5 Å². The van der Waals surface area contributed by atoms with E-state index < -0.39 is 0 Å². The molecule has 0 radical (unpaired) electrons. The zero-order chi connectivity index (χ0) is 41.2. The summed E-state index contributed by atoms with van der Waals surface area (Å²) in [6, 6.07) is 76.0. The molecule has 14 rings (SSSR count). The van der Waals surface area contributed by atoms with E-state index in [2.05, 4.69) is 235 Å². The molecular weight excluding hydrogens is 771 g/mol. The molecule has 7 nitrogen and oxygen atoms in total. The van der Waals surface area contributed by atoms with Crippen molar-refractivity contribution in [2.75, 3.05) is 0 Å². The van der Waals surface area contributed by atoms with Gasteiger partial charge in [-0.15, -0.1) is 0 Å². The van der Waals surface area contributed by atoms with Crippen molar-refractivity contribution in [1.29, 1.82) is 0 Å². The SMILES string of the molecule is c1ccc(-c2ccc3nc4n(-c5cccc(-n6c7ccccc7c7ccc(-n8c9ccccc9n9c%10cc(-c%11ccccc%11)ccc%10nc89)cc76)c5)c5ccccc5n4c3c2)cc1. The minimum Gasteiger partial charge on any atom is -0.309 e. The van der Waals surface area contributed by atoms with Crippen LogP contribution in [0.2, 0.25) is 0 Å². The third-order valence-electron chi connectivity index (χ3n) is 12.9. The molecule has 63 heavy (non-hydrogen) atoms. The molecule has 0 atom stereocenters. The summed E-state index contributed by atoms with van der Waals surface area (Å²) in [6.07, 6.45) is 0. The van der Waals surface area contributed by atoms with Crippen molar-refractivity contribution < 1.29 is 0 Å². The van der Waals surface area contributed by atoms with Crippen LogP contribution in [0.3, 0.4) is 0 Å². The molecule has 0 aliphatic rings. The number of fused-ring (bicyclic) bond motifs is 13. The zero-order valence-corrected chi connectivity index (χ0v) is 33.8. The van der Waals surface area contributed by atoms with Crippen molar-refractivity contribution in [3.8, 4) is 39.3 Å². The summed E-state index contributed by atoms with van der Waals surface area (Å²) >= 11 is 0. The summed E-state index contributed by atoms with van der Waals surface area (Å²) in [7, 11) is 0. The first-order valence-corrected chi connectivity index (χ1v) is 21.3. The van der Waals surface area contributed by atoms with Gasteiger partial charge in [-0.25, -0.2) is 9.97 Å². The van der Waals surface area contributed by atoms with Crippen LogP contribution in [0.25, 0.3) is 117 Å². The van der Waals surface area contributed by atoms with Gasteiger partial charge in [-0.1, -0.05) is 127 Å². The summed E-state index contributed by atoms with van der Waals surface area (Å²) in [5.74, 6) is 1.76. The van der Waals surface area contributed by atoms with Crippen LogP contribution in [0.1, 0.15) is 0 Å². The highest BCUT2D eigenvalue weighted by Gasteiger charge is 2.22. The molecule has 0 aliphatic carbocycles. The van der Waals surface area contributed by atoms with Crippen molar-refractivity contribution in [2.24, 2.45) is 0 Å². The number of nitrogens with zero attached hydrogens (tertiary/aromatic N) is 7. The number of benzene rings is 9. The van der Waals surface area contributed by atoms with Gasteiger partial charge in [0.15, 0.2) is 0 Å². The second kappa shape index (κ2) is 12.9. The average molecular weight is 806 g/mol. The standard InChI is InChI=1S/C56H35N7/c1-3-14-36(15-4-1)38-26-30-45-53(32-38)62-50-24-11-9-22-48(50)60(55(62)57-45)41-19-13-18-40(34-41)59-47-21-8-7-20-43(47)44-29-28-42(35-52(44)59)61-49-23-10-12-25-51(49)63-54-33-39(37-16-5-2-6-17-37)27-31-46(54)58-56(61)63/h1-35H. The molecule has 0 spiro atoms. The maximum absolute atomic E-state index is 5.30. The molecule has 9 aromatic carbocycles. The Labute approximate surface area is 360 Å². The van der Waals surface area contributed by atoms with Gasteiger partial charge in [-0.05, 0) is 107 Å². The van der Waals surface area contributed by atoms with Crippen LogP contribution < -0.4 is 0 Å². The van der Waals surface area contributed by atoms with E-state index in [0.717, 1.165) is 83.8 Å². The number of hydrogen-bond donors (Lipinski definition) is 0. The summed E-state index contributed by atoms with van der Waals surface area (Å²) < 4.78 is 11.6. The highest BCUT2D eigenvalue weighted by atomic mass is 15.2. The summed E-state index contributed by atoms with van der Waals surface area (Å²) in [4.78, 5) is 10.6.